The third-order valence-electron chi connectivity index (χ3n) is 4.83. The van der Waals surface area contributed by atoms with E-state index in [2.05, 4.69) is 31.1 Å². The maximum Gasteiger partial charge on any atom is 0.252 e. The second-order valence-corrected chi connectivity index (χ2v) is 7.91. The highest BCUT2D eigenvalue weighted by Crippen LogP contribution is 2.25. The van der Waals surface area contributed by atoms with Crippen LogP contribution in [0.2, 0.25) is 0 Å². The maximum absolute atomic E-state index is 13.0. The number of carbonyl (C=O) groups excluding carboxylic acids is 1. The summed E-state index contributed by atoms with van der Waals surface area (Å²) in [6.07, 6.45) is 3.60. The molecule has 2 aromatic carbocycles. The van der Waals surface area contributed by atoms with E-state index in [0.29, 0.717) is 5.56 Å². The van der Waals surface area contributed by atoms with Crippen LogP contribution in [0.25, 0.3) is 0 Å². The van der Waals surface area contributed by atoms with Gasteiger partial charge in [0.25, 0.3) is 5.91 Å². The summed E-state index contributed by atoms with van der Waals surface area (Å²) in [4.78, 5) is 17.4. The number of hydrogen-bond acceptors (Lipinski definition) is 3. The molecule has 5 nitrogen and oxygen atoms in total. The molecule has 1 aromatic heterocycles. The van der Waals surface area contributed by atoms with Crippen LogP contribution in [-0.4, -0.2) is 22.6 Å². The molecule has 1 amide bonds. The summed E-state index contributed by atoms with van der Waals surface area (Å²) >= 11 is 0. The number of carbonyl (C=O) groups is 1. The van der Waals surface area contributed by atoms with Crippen LogP contribution in [0.15, 0.2) is 60.9 Å². The van der Waals surface area contributed by atoms with Crippen molar-refractivity contribution in [3.05, 3.63) is 83.4 Å². The summed E-state index contributed by atoms with van der Waals surface area (Å²) in [5.74, 6) is 1.35. The van der Waals surface area contributed by atoms with E-state index in [0.717, 1.165) is 17.1 Å². The second-order valence-electron chi connectivity index (χ2n) is 7.91. The zero-order chi connectivity index (χ0) is 20.3. The first kappa shape index (κ1) is 19.7. The Morgan fingerprint density at radius 2 is 1.86 bits per heavy atom. The van der Waals surface area contributed by atoms with Crippen LogP contribution in [0, 0.1) is 0 Å². The van der Waals surface area contributed by atoms with Crippen LogP contribution in [0.1, 0.15) is 54.1 Å². The molecule has 0 radical (unpaired) electrons. The molecule has 1 N–H and O–H groups in total. The Morgan fingerprint density at radius 3 is 2.43 bits per heavy atom. The Balaban J connectivity index is 1.91. The number of rotatable bonds is 5. The van der Waals surface area contributed by atoms with Gasteiger partial charge in [-0.15, -0.1) is 0 Å². The molecule has 1 unspecified atom stereocenters. The molecule has 0 saturated heterocycles. The van der Waals surface area contributed by atoms with E-state index in [1.54, 1.807) is 13.3 Å². The first-order valence-corrected chi connectivity index (χ1v) is 9.32. The fourth-order valence-corrected chi connectivity index (χ4v) is 3.11. The maximum atomic E-state index is 13.0. The molecule has 0 saturated carbocycles. The molecule has 28 heavy (non-hydrogen) atoms. The molecule has 0 spiro atoms. The van der Waals surface area contributed by atoms with Gasteiger partial charge in [-0.05, 0) is 40.8 Å². The van der Waals surface area contributed by atoms with E-state index in [1.165, 1.54) is 5.56 Å². The van der Waals surface area contributed by atoms with Crippen molar-refractivity contribution in [1.82, 2.24) is 14.9 Å². The molecule has 1 heterocycles. The van der Waals surface area contributed by atoms with Crippen LogP contribution in [0.4, 0.5) is 0 Å². The number of imidazole rings is 1. The second kappa shape index (κ2) is 7.89. The van der Waals surface area contributed by atoms with Crippen LogP contribution >= 0.6 is 0 Å². The van der Waals surface area contributed by atoms with Crippen molar-refractivity contribution >= 4 is 5.91 Å². The molecule has 5 heteroatoms. The van der Waals surface area contributed by atoms with Crippen molar-refractivity contribution in [1.29, 1.82) is 0 Å². The number of methoxy groups -OCH3 is 1. The lowest BCUT2D eigenvalue weighted by Crippen LogP contribution is -2.31. The minimum atomic E-state index is -0.384. The molecular weight excluding hydrogens is 350 g/mol. The van der Waals surface area contributed by atoms with Gasteiger partial charge < -0.3 is 14.6 Å². The molecule has 1 atom stereocenters. The SMILES string of the molecule is COc1cccc(C(NC(=O)c2ccc(C(C)(C)C)cc2)c2nccn2C)c1. The average Bonchev–Trinajstić information content (AvgIpc) is 3.11. The van der Waals surface area contributed by atoms with Crippen molar-refractivity contribution in [3.63, 3.8) is 0 Å². The molecule has 0 aliphatic heterocycles. The van der Waals surface area contributed by atoms with E-state index in [-0.39, 0.29) is 17.4 Å². The molecule has 3 rings (SSSR count). The third-order valence-corrected chi connectivity index (χ3v) is 4.83. The zero-order valence-corrected chi connectivity index (χ0v) is 17.1. The summed E-state index contributed by atoms with van der Waals surface area (Å²) in [7, 11) is 3.55. The Hall–Kier alpha value is -3.08. The highest BCUT2D eigenvalue weighted by Gasteiger charge is 2.22. The third kappa shape index (κ3) is 4.25. The van der Waals surface area contributed by atoms with Gasteiger partial charge in [-0.25, -0.2) is 4.98 Å². The molecule has 146 valence electrons. The van der Waals surface area contributed by atoms with E-state index in [9.17, 15) is 4.79 Å². The summed E-state index contributed by atoms with van der Waals surface area (Å²) in [6.45, 7) is 6.46. The van der Waals surface area contributed by atoms with Crippen LogP contribution in [0.3, 0.4) is 0 Å². The summed E-state index contributed by atoms with van der Waals surface area (Å²) in [5, 5.41) is 3.12. The molecule has 0 fully saturated rings. The van der Waals surface area contributed by atoms with Crippen LogP contribution in [-0.2, 0) is 12.5 Å². The lowest BCUT2D eigenvalue weighted by atomic mass is 9.86. The highest BCUT2D eigenvalue weighted by molar-refractivity contribution is 5.94. The van der Waals surface area contributed by atoms with E-state index in [1.807, 2.05) is 66.3 Å². The number of aryl methyl sites for hydroxylation is 1. The Bertz CT molecular complexity index is 952. The smallest absolute Gasteiger partial charge is 0.252 e. The van der Waals surface area contributed by atoms with E-state index >= 15 is 0 Å². The van der Waals surface area contributed by atoms with Crippen molar-refractivity contribution in [2.24, 2.45) is 7.05 Å². The van der Waals surface area contributed by atoms with Gasteiger partial charge in [0.2, 0.25) is 0 Å². The number of amides is 1. The fourth-order valence-electron chi connectivity index (χ4n) is 3.11. The van der Waals surface area contributed by atoms with Gasteiger partial charge in [-0.1, -0.05) is 45.0 Å². The predicted molar refractivity (Wildman–Crippen MR) is 111 cm³/mol. The van der Waals surface area contributed by atoms with Gasteiger partial charge in [0.15, 0.2) is 0 Å². The first-order chi connectivity index (χ1) is 13.3. The summed E-state index contributed by atoms with van der Waals surface area (Å²) < 4.78 is 7.26. The van der Waals surface area contributed by atoms with Crippen molar-refractivity contribution in [2.45, 2.75) is 32.2 Å². The molecule has 0 aliphatic carbocycles. The number of hydrogen-bond donors (Lipinski definition) is 1. The Morgan fingerprint density at radius 1 is 1.14 bits per heavy atom. The van der Waals surface area contributed by atoms with Crippen LogP contribution < -0.4 is 10.1 Å². The minimum Gasteiger partial charge on any atom is -0.497 e. The number of aromatic nitrogens is 2. The lowest BCUT2D eigenvalue weighted by Gasteiger charge is -2.21. The Labute approximate surface area is 166 Å². The van der Waals surface area contributed by atoms with Crippen molar-refractivity contribution in [2.75, 3.05) is 7.11 Å². The predicted octanol–water partition coefficient (Wildman–Crippen LogP) is 4.25. The summed E-state index contributed by atoms with van der Waals surface area (Å²) in [5.41, 5.74) is 2.77. The van der Waals surface area contributed by atoms with Gasteiger partial charge in [0.1, 0.15) is 17.6 Å². The van der Waals surface area contributed by atoms with Crippen molar-refractivity contribution in [3.8, 4) is 5.75 Å². The number of nitrogens with one attached hydrogen (secondary N) is 1. The van der Waals surface area contributed by atoms with Gasteiger partial charge in [-0.2, -0.15) is 0 Å². The van der Waals surface area contributed by atoms with Gasteiger partial charge >= 0.3 is 0 Å². The molecule has 0 aliphatic rings. The topological polar surface area (TPSA) is 56.1 Å². The first-order valence-electron chi connectivity index (χ1n) is 9.32. The van der Waals surface area contributed by atoms with E-state index in [4.69, 9.17) is 4.74 Å². The monoisotopic (exact) mass is 377 g/mol. The molecule has 3 aromatic rings. The number of benzene rings is 2. The standard InChI is InChI=1S/C23H27N3O2/c1-23(2,3)18-11-9-16(10-12-18)22(27)25-20(21-24-13-14-26(21)4)17-7-6-8-19(15-17)28-5/h6-15,20H,1-5H3,(H,25,27). The quantitative estimate of drug-likeness (QED) is 0.723. The molecule has 0 bridgehead atoms. The lowest BCUT2D eigenvalue weighted by molar-refractivity contribution is 0.0941. The average molecular weight is 377 g/mol. The number of ether oxygens (including phenoxy) is 1. The van der Waals surface area contributed by atoms with Crippen molar-refractivity contribution < 1.29 is 9.53 Å². The van der Waals surface area contributed by atoms with Gasteiger partial charge in [0.05, 0.1) is 7.11 Å². The minimum absolute atomic E-state index is 0.0467. The molecular formula is C23H27N3O2. The fraction of sp³-hybridized carbons (Fsp3) is 0.304. The summed E-state index contributed by atoms with van der Waals surface area (Å²) in [6, 6.07) is 15.1. The normalized spacial score (nSPS) is 12.5. The van der Waals surface area contributed by atoms with Gasteiger partial charge in [-0.3, -0.25) is 4.79 Å². The van der Waals surface area contributed by atoms with E-state index < -0.39 is 0 Å². The van der Waals surface area contributed by atoms with Crippen LogP contribution in [0.5, 0.6) is 5.75 Å². The van der Waals surface area contributed by atoms with Gasteiger partial charge in [0, 0.05) is 25.0 Å². The zero-order valence-electron chi connectivity index (χ0n) is 17.1. The number of nitrogens with zero attached hydrogens (tertiary/aromatic N) is 2. The Kier molecular flexibility index (Phi) is 5.54. The largest absolute Gasteiger partial charge is 0.497 e. The highest BCUT2D eigenvalue weighted by atomic mass is 16.5.